The Morgan fingerprint density at radius 2 is 0.649 bits per heavy atom. The smallest absolute Gasteiger partial charge is 0.118 e. The zero-order valence-electron chi connectivity index (χ0n) is 63.7. The molecule has 7 unspecified atom stereocenters. The van der Waals surface area contributed by atoms with Crippen LogP contribution < -0.4 is 4.74 Å². The molecule has 0 heterocycles. The van der Waals surface area contributed by atoms with Crippen LogP contribution in [0, 0.1) is 18.8 Å². The zero-order valence-corrected chi connectivity index (χ0v) is 63.7. The Kier molecular flexibility index (Phi) is 103. The fourth-order valence-electron chi connectivity index (χ4n) is 8.49. The lowest BCUT2D eigenvalue weighted by molar-refractivity contribution is -0.176. The van der Waals surface area contributed by atoms with E-state index < -0.39 is 0 Å². The molecule has 20 heteroatoms. The normalized spacial score (nSPS) is 12.5. The second-order valence-electron chi connectivity index (χ2n) is 22.2. The highest BCUT2D eigenvalue weighted by atomic mass is 17.0. The largest absolute Gasteiger partial charge is 0.497 e. The highest BCUT2D eigenvalue weighted by Crippen LogP contribution is 2.30. The molecule has 0 saturated heterocycles. The second kappa shape index (κ2) is 86.4. The van der Waals surface area contributed by atoms with Gasteiger partial charge in [-0.1, -0.05) is 250 Å². The molecule has 20 nitrogen and oxygen atoms in total. The first kappa shape index (κ1) is 116. The average molecular weight is 1390 g/mol. The van der Waals surface area contributed by atoms with Crippen LogP contribution in [-0.4, -0.2) is 149 Å². The molecule has 568 valence electrons. The van der Waals surface area contributed by atoms with Gasteiger partial charge in [-0.05, 0) is 173 Å². The van der Waals surface area contributed by atoms with Crippen LogP contribution in [0.4, 0.5) is 0 Å². The summed E-state index contributed by atoms with van der Waals surface area (Å²) < 4.78 is 5.08. The number of hydrogen-bond donors (Lipinski definition) is 19. The Bertz CT molecular complexity index is 2320. The summed E-state index contributed by atoms with van der Waals surface area (Å²) in [7, 11) is 7.69. The molecule has 0 fully saturated rings. The monoisotopic (exact) mass is 1380 g/mol. The maximum Gasteiger partial charge on any atom is 0.118 e. The van der Waals surface area contributed by atoms with E-state index in [0.29, 0.717) is 29.6 Å². The van der Waals surface area contributed by atoms with Gasteiger partial charge in [-0.15, -0.1) is 0 Å². The lowest BCUT2D eigenvalue weighted by Crippen LogP contribution is -2.20. The van der Waals surface area contributed by atoms with E-state index in [1.54, 1.807) is 18.2 Å². The Hall–Kier alpha value is -5.64. The van der Waals surface area contributed by atoms with Crippen molar-refractivity contribution in [1.82, 2.24) is 0 Å². The molecule has 19 N–H and O–H groups in total. The minimum Gasteiger partial charge on any atom is -0.497 e. The van der Waals surface area contributed by atoms with Gasteiger partial charge >= 0.3 is 0 Å². The molecule has 0 bridgehead atoms. The number of rotatable bonds is 13. The summed E-state index contributed by atoms with van der Waals surface area (Å²) in [5.74, 6) is 5.98. The van der Waals surface area contributed by atoms with Crippen LogP contribution in [0.1, 0.15) is 234 Å². The van der Waals surface area contributed by atoms with Gasteiger partial charge in [0.2, 0.25) is 0 Å². The Morgan fingerprint density at radius 1 is 0.371 bits per heavy atom. The van der Waals surface area contributed by atoms with Crippen molar-refractivity contribution in [3.8, 4) is 5.75 Å². The molecule has 0 aromatic heterocycles. The number of benzene rings is 6. The average Bonchev–Trinajstić information content (AvgIpc) is 0.892. The van der Waals surface area contributed by atoms with Crippen molar-refractivity contribution in [3.63, 3.8) is 0 Å². The highest BCUT2D eigenvalue weighted by molar-refractivity contribution is 5.33. The fourth-order valence-corrected chi connectivity index (χ4v) is 8.49. The topological polar surface area (TPSA) is 394 Å². The summed E-state index contributed by atoms with van der Waals surface area (Å²) in [5, 5.41) is 123. The van der Waals surface area contributed by atoms with Crippen molar-refractivity contribution >= 4 is 0 Å². The maximum absolute atomic E-state index is 8.92. The number of aliphatic hydroxyl groups is 7. The molecule has 6 aromatic carbocycles. The van der Waals surface area contributed by atoms with Gasteiger partial charge < -0.3 is 40.5 Å². The molecular formula is C77H140O20. The van der Waals surface area contributed by atoms with E-state index in [2.05, 4.69) is 239 Å². The number of methoxy groups -OCH3 is 1. The quantitative estimate of drug-likeness (QED) is 0.0377. The number of aliphatic hydroxyl groups excluding tert-OH is 7. The third kappa shape index (κ3) is 59.0. The van der Waals surface area contributed by atoms with Crippen LogP contribution >= 0.6 is 0 Å². The third-order valence-electron chi connectivity index (χ3n) is 15.5. The Morgan fingerprint density at radius 3 is 0.938 bits per heavy atom. The first-order chi connectivity index (χ1) is 46.8. The summed E-state index contributed by atoms with van der Waals surface area (Å²) >= 11 is 0. The highest BCUT2D eigenvalue weighted by Gasteiger charge is 2.21. The molecule has 97 heavy (non-hydrogen) atoms. The molecule has 0 spiro atoms. The molecule has 0 radical (unpaired) electrons. The fraction of sp³-hybridized carbons (Fsp3) is 0.532. The van der Waals surface area contributed by atoms with Gasteiger partial charge in [-0.2, -0.15) is 0 Å². The minimum atomic E-state index is 0.143. The molecular weight excluding hydrogens is 1240 g/mol. The van der Waals surface area contributed by atoms with Gasteiger partial charge in [0.15, 0.2) is 0 Å². The first-order valence-electron chi connectivity index (χ1n) is 32.3. The number of ether oxygens (including phenoxy) is 1. The van der Waals surface area contributed by atoms with Gasteiger partial charge in [0.25, 0.3) is 0 Å². The van der Waals surface area contributed by atoms with Crippen LogP contribution in [0.15, 0.2) is 146 Å². The Balaban J connectivity index is -0.0000000955. The van der Waals surface area contributed by atoms with E-state index in [4.69, 9.17) is 104 Å². The van der Waals surface area contributed by atoms with E-state index in [1.807, 2.05) is 24.3 Å². The van der Waals surface area contributed by atoms with E-state index in [1.165, 1.54) is 83.0 Å². The Labute approximate surface area is 586 Å². The van der Waals surface area contributed by atoms with Crippen molar-refractivity contribution in [3.05, 3.63) is 207 Å². The minimum absolute atomic E-state index is 0.143. The molecule has 7 rings (SSSR count). The van der Waals surface area contributed by atoms with E-state index in [0.717, 1.165) is 78.6 Å². The number of hydrogen-bond acceptors (Lipinski definition) is 20. The predicted molar refractivity (Wildman–Crippen MR) is 404 cm³/mol. The summed E-state index contributed by atoms with van der Waals surface area (Å²) in [6.45, 7) is 38.4. The van der Waals surface area contributed by atoms with Crippen molar-refractivity contribution in [2.24, 2.45) is 11.8 Å². The molecule has 1 aliphatic rings. The van der Waals surface area contributed by atoms with Crippen LogP contribution in [0.3, 0.4) is 0 Å². The maximum atomic E-state index is 8.92. The van der Waals surface area contributed by atoms with Crippen molar-refractivity contribution in [1.29, 1.82) is 0 Å². The van der Waals surface area contributed by atoms with Gasteiger partial charge in [-0.25, -0.2) is 0 Å². The molecule has 7 atom stereocenters. The van der Waals surface area contributed by atoms with Gasteiger partial charge in [-0.3, -0.25) is 63.1 Å². The SMILES string of the molecule is CC1Cc2ccccc2CC1C.CCC(C)c1ccc(C)cc1.CCC(C)c1ccc(OC)cc1.CCC(C)c1cccc(C(C)(C)C)c1.CCC(C)c1cccc(CO)c1.CCc1cccc(C(C)CC)c1.CO.CO.CO.CO.CO.CO.OO.OO.OO.OO.OO.OO. The standard InChI is InChI=1S/C14H22.C12H16.C12H18.2C11H16O.C11H16.6CH4O.6H2O2/c1-6-11(2)12-8-7-9-13(10-12)14(3,4)5;1-9-7-11-5-3-4-6-12(11)8-10(9)2;1-4-10(3)12-8-6-7-11(5-2)9-12;1-4-9(2)10-5-7-11(12-3)8-6-10;1-3-9(2)11-6-4-5-10(7-11)8-12;1-4-10(3)11-7-5-9(2)6-8-11;12*1-2/h7-11H,6H2,1-5H3;3-6,9-10H,7-8H2,1-2H3;6-10H,4-5H2,1-3H3;5-9H,4H2,1-3H3;4-7,9,12H,3,8H2,1-2H3;5-8,10H,4H2,1-3H3;6*2H,1H3;6*1-2H. The van der Waals surface area contributed by atoms with Crippen molar-refractivity contribution in [2.45, 2.75) is 211 Å². The van der Waals surface area contributed by atoms with Gasteiger partial charge in [0.05, 0.1) is 13.7 Å². The van der Waals surface area contributed by atoms with Crippen LogP contribution in [0.25, 0.3) is 0 Å². The lowest BCUT2D eigenvalue weighted by atomic mass is 9.78. The number of aryl methyl sites for hydroxylation is 2. The second-order valence-corrected chi connectivity index (χ2v) is 22.2. The van der Waals surface area contributed by atoms with Crippen molar-refractivity contribution in [2.75, 3.05) is 49.8 Å². The summed E-state index contributed by atoms with van der Waals surface area (Å²) in [6.07, 6.45) is 9.70. The summed E-state index contributed by atoms with van der Waals surface area (Å²) in [4.78, 5) is 0. The first-order valence-corrected chi connectivity index (χ1v) is 32.3. The van der Waals surface area contributed by atoms with Gasteiger partial charge in [0.1, 0.15) is 5.75 Å². The molecule has 0 amide bonds. The summed E-state index contributed by atoms with van der Waals surface area (Å²) in [6, 6.07) is 52.1. The molecule has 6 aromatic rings. The lowest BCUT2D eigenvalue weighted by Gasteiger charge is -2.27. The number of fused-ring (bicyclic) bond motifs is 1. The van der Waals surface area contributed by atoms with Crippen molar-refractivity contribution < 1.29 is 104 Å². The van der Waals surface area contributed by atoms with Gasteiger partial charge in [0, 0.05) is 42.7 Å². The molecule has 0 aliphatic heterocycles. The third-order valence-corrected chi connectivity index (χ3v) is 15.5. The van der Waals surface area contributed by atoms with E-state index in [-0.39, 0.29) is 12.0 Å². The predicted octanol–water partition coefficient (Wildman–Crippen LogP) is 18.5. The van der Waals surface area contributed by atoms with Crippen LogP contribution in [0.2, 0.25) is 0 Å². The summed E-state index contributed by atoms with van der Waals surface area (Å²) in [5.41, 5.74) is 15.8. The van der Waals surface area contributed by atoms with E-state index in [9.17, 15) is 0 Å². The van der Waals surface area contributed by atoms with Crippen LogP contribution in [-0.2, 0) is 31.3 Å². The molecule has 1 aliphatic carbocycles. The molecule has 0 saturated carbocycles. The zero-order chi connectivity index (χ0) is 78.5. The van der Waals surface area contributed by atoms with E-state index >= 15 is 0 Å². The van der Waals surface area contributed by atoms with Crippen LogP contribution in [0.5, 0.6) is 5.75 Å².